The summed E-state index contributed by atoms with van der Waals surface area (Å²) >= 11 is 0. The molecule has 0 unspecified atom stereocenters. The van der Waals surface area contributed by atoms with E-state index >= 15 is 0 Å². The van der Waals surface area contributed by atoms with Crippen molar-refractivity contribution >= 4 is 12.1 Å². The van der Waals surface area contributed by atoms with Crippen LogP contribution in [0.5, 0.6) is 0 Å². The van der Waals surface area contributed by atoms with Crippen molar-refractivity contribution in [1.29, 1.82) is 0 Å². The number of carbonyl (C=O) groups excluding carboxylic acids is 2. The minimum Gasteiger partial charge on any atom is -0.339 e. The van der Waals surface area contributed by atoms with Gasteiger partial charge in [0.1, 0.15) is 0 Å². The molecule has 0 bridgehead atoms. The summed E-state index contributed by atoms with van der Waals surface area (Å²) in [6.45, 7) is 1.97. The summed E-state index contributed by atoms with van der Waals surface area (Å²) in [5, 5.41) is 0. The second-order valence-electron chi connectivity index (χ2n) is 4.02. The lowest BCUT2D eigenvalue weighted by molar-refractivity contribution is 0.103. The third-order valence-electron chi connectivity index (χ3n) is 2.83. The van der Waals surface area contributed by atoms with Crippen molar-refractivity contribution in [3.8, 4) is 0 Å². The Balaban J connectivity index is 2.40. The molecule has 0 N–H and O–H groups in total. The molecule has 0 radical (unpaired) electrons. The molecule has 1 aromatic heterocycles. The topological polar surface area (TPSA) is 39.1 Å². The van der Waals surface area contributed by atoms with Crippen molar-refractivity contribution in [2.24, 2.45) is 7.05 Å². The SMILES string of the molecule is Cc1ccc(C(=O)c2ccc(C=O)n2C)cc1. The normalized spacial score (nSPS) is 10.2. The molecule has 0 spiro atoms. The van der Waals surface area contributed by atoms with Crippen LogP contribution < -0.4 is 0 Å². The van der Waals surface area contributed by atoms with E-state index in [9.17, 15) is 9.59 Å². The summed E-state index contributed by atoms with van der Waals surface area (Å²) in [5.74, 6) is -0.0689. The van der Waals surface area contributed by atoms with Gasteiger partial charge in [-0.25, -0.2) is 0 Å². The van der Waals surface area contributed by atoms with Gasteiger partial charge in [-0.05, 0) is 19.1 Å². The number of aryl methyl sites for hydroxylation is 1. The minimum absolute atomic E-state index is 0.0689. The van der Waals surface area contributed by atoms with E-state index in [-0.39, 0.29) is 5.78 Å². The molecule has 0 aliphatic carbocycles. The fourth-order valence-corrected chi connectivity index (χ4v) is 1.73. The summed E-state index contributed by atoms with van der Waals surface area (Å²) in [6.07, 6.45) is 0.742. The van der Waals surface area contributed by atoms with Gasteiger partial charge in [0.2, 0.25) is 5.78 Å². The van der Waals surface area contributed by atoms with Crippen LogP contribution in [-0.4, -0.2) is 16.6 Å². The number of nitrogens with zero attached hydrogens (tertiary/aromatic N) is 1. The van der Waals surface area contributed by atoms with E-state index in [1.54, 1.807) is 35.9 Å². The monoisotopic (exact) mass is 227 g/mol. The lowest BCUT2D eigenvalue weighted by atomic mass is 10.1. The van der Waals surface area contributed by atoms with E-state index < -0.39 is 0 Å². The van der Waals surface area contributed by atoms with Crippen LogP contribution in [0, 0.1) is 6.92 Å². The molecular weight excluding hydrogens is 214 g/mol. The van der Waals surface area contributed by atoms with Gasteiger partial charge in [-0.2, -0.15) is 0 Å². The summed E-state index contributed by atoms with van der Waals surface area (Å²) < 4.78 is 1.61. The molecule has 17 heavy (non-hydrogen) atoms. The highest BCUT2D eigenvalue weighted by molar-refractivity contribution is 6.08. The predicted molar refractivity (Wildman–Crippen MR) is 65.4 cm³/mol. The zero-order valence-corrected chi connectivity index (χ0v) is 9.81. The fraction of sp³-hybridized carbons (Fsp3) is 0.143. The molecule has 2 rings (SSSR count). The number of rotatable bonds is 3. The van der Waals surface area contributed by atoms with Gasteiger partial charge in [-0.15, -0.1) is 0 Å². The average molecular weight is 227 g/mol. The third kappa shape index (κ3) is 2.04. The first kappa shape index (κ1) is 11.3. The van der Waals surface area contributed by atoms with Crippen LogP contribution in [0.15, 0.2) is 36.4 Å². The smallest absolute Gasteiger partial charge is 0.209 e. The fourth-order valence-electron chi connectivity index (χ4n) is 1.73. The van der Waals surface area contributed by atoms with Crippen LogP contribution in [0.25, 0.3) is 0 Å². The summed E-state index contributed by atoms with van der Waals surface area (Å²) in [4.78, 5) is 22.9. The van der Waals surface area contributed by atoms with Crippen LogP contribution in [0.3, 0.4) is 0 Å². The summed E-state index contributed by atoms with van der Waals surface area (Å²) in [7, 11) is 1.71. The van der Waals surface area contributed by atoms with Gasteiger partial charge in [0.25, 0.3) is 0 Å². The minimum atomic E-state index is -0.0689. The standard InChI is InChI=1S/C14H13NO2/c1-10-3-5-11(6-4-10)14(17)13-8-7-12(9-16)15(13)2/h3-9H,1-2H3. The van der Waals surface area contributed by atoms with Gasteiger partial charge in [-0.3, -0.25) is 9.59 Å². The highest BCUT2D eigenvalue weighted by atomic mass is 16.1. The molecule has 0 amide bonds. The number of hydrogen-bond donors (Lipinski definition) is 0. The lowest BCUT2D eigenvalue weighted by Gasteiger charge is -2.04. The molecule has 3 heteroatoms. The Labute approximate surface area is 99.7 Å². The van der Waals surface area contributed by atoms with E-state index in [0.29, 0.717) is 17.0 Å². The highest BCUT2D eigenvalue weighted by Gasteiger charge is 2.13. The third-order valence-corrected chi connectivity index (χ3v) is 2.83. The Bertz CT molecular complexity index is 564. The Hall–Kier alpha value is -2.16. The molecule has 0 aliphatic heterocycles. The number of hydrogen-bond acceptors (Lipinski definition) is 2. The van der Waals surface area contributed by atoms with Crippen molar-refractivity contribution in [1.82, 2.24) is 4.57 Å². The van der Waals surface area contributed by atoms with Gasteiger partial charge in [0.15, 0.2) is 6.29 Å². The van der Waals surface area contributed by atoms with Crippen molar-refractivity contribution in [3.05, 3.63) is 58.9 Å². The number of carbonyl (C=O) groups is 2. The molecule has 1 heterocycles. The molecule has 0 atom stereocenters. The summed E-state index contributed by atoms with van der Waals surface area (Å²) in [6, 6.07) is 10.7. The maximum absolute atomic E-state index is 12.2. The zero-order valence-electron chi connectivity index (χ0n) is 9.81. The maximum Gasteiger partial charge on any atom is 0.209 e. The number of aromatic nitrogens is 1. The number of aldehydes is 1. The molecule has 0 aliphatic rings. The Morgan fingerprint density at radius 3 is 2.29 bits per heavy atom. The van der Waals surface area contributed by atoms with Gasteiger partial charge in [0, 0.05) is 12.6 Å². The number of benzene rings is 1. The first-order valence-electron chi connectivity index (χ1n) is 5.35. The lowest BCUT2D eigenvalue weighted by Crippen LogP contribution is -2.08. The van der Waals surface area contributed by atoms with Crippen LogP contribution in [0.2, 0.25) is 0 Å². The van der Waals surface area contributed by atoms with Gasteiger partial charge in [0.05, 0.1) is 11.4 Å². The van der Waals surface area contributed by atoms with E-state index in [0.717, 1.165) is 11.8 Å². The van der Waals surface area contributed by atoms with E-state index in [1.165, 1.54) is 0 Å². The van der Waals surface area contributed by atoms with Crippen LogP contribution in [0.4, 0.5) is 0 Å². The molecule has 0 saturated heterocycles. The molecule has 0 fully saturated rings. The molecule has 0 saturated carbocycles. The Morgan fingerprint density at radius 1 is 1.12 bits per heavy atom. The zero-order chi connectivity index (χ0) is 12.4. The van der Waals surface area contributed by atoms with E-state index in [4.69, 9.17) is 0 Å². The number of ketones is 1. The van der Waals surface area contributed by atoms with Crippen LogP contribution in [0.1, 0.15) is 32.1 Å². The van der Waals surface area contributed by atoms with Crippen molar-refractivity contribution in [2.45, 2.75) is 6.92 Å². The van der Waals surface area contributed by atoms with Gasteiger partial charge in [-0.1, -0.05) is 29.8 Å². The second-order valence-corrected chi connectivity index (χ2v) is 4.02. The van der Waals surface area contributed by atoms with Gasteiger partial charge < -0.3 is 4.57 Å². The molecule has 1 aromatic carbocycles. The van der Waals surface area contributed by atoms with Crippen molar-refractivity contribution in [3.63, 3.8) is 0 Å². The molecule has 86 valence electrons. The Kier molecular flexibility index (Phi) is 2.91. The summed E-state index contributed by atoms with van der Waals surface area (Å²) in [5.41, 5.74) is 2.77. The average Bonchev–Trinajstić information content (AvgIpc) is 2.70. The van der Waals surface area contributed by atoms with Crippen molar-refractivity contribution < 1.29 is 9.59 Å². The second kappa shape index (κ2) is 4.37. The van der Waals surface area contributed by atoms with Crippen molar-refractivity contribution in [2.75, 3.05) is 0 Å². The van der Waals surface area contributed by atoms with Crippen LogP contribution >= 0.6 is 0 Å². The van der Waals surface area contributed by atoms with Gasteiger partial charge >= 0.3 is 0 Å². The van der Waals surface area contributed by atoms with E-state index in [2.05, 4.69) is 0 Å². The molecular formula is C14H13NO2. The molecule has 3 nitrogen and oxygen atoms in total. The van der Waals surface area contributed by atoms with Crippen LogP contribution in [-0.2, 0) is 7.05 Å². The first-order chi connectivity index (χ1) is 8.13. The quantitative estimate of drug-likeness (QED) is 0.596. The molecule has 2 aromatic rings. The first-order valence-corrected chi connectivity index (χ1v) is 5.35. The highest BCUT2D eigenvalue weighted by Crippen LogP contribution is 2.13. The predicted octanol–water partition coefficient (Wildman–Crippen LogP) is 2.38. The Morgan fingerprint density at radius 2 is 1.76 bits per heavy atom. The van der Waals surface area contributed by atoms with E-state index in [1.807, 2.05) is 19.1 Å². The largest absolute Gasteiger partial charge is 0.339 e. The maximum atomic E-state index is 12.2.